The van der Waals surface area contributed by atoms with E-state index >= 15 is 0 Å². The third-order valence-electron chi connectivity index (χ3n) is 2.85. The average molecular weight is 318 g/mol. The number of rotatable bonds is 6. The van der Waals surface area contributed by atoms with E-state index in [0.29, 0.717) is 28.7 Å². The number of carbonyl (C=O) groups excluding carboxylic acids is 1. The number of nitrogens with zero attached hydrogens (tertiary/aromatic N) is 1. The lowest BCUT2D eigenvalue weighted by molar-refractivity contribution is 0.102. The van der Waals surface area contributed by atoms with Gasteiger partial charge < -0.3 is 15.4 Å². The summed E-state index contributed by atoms with van der Waals surface area (Å²) in [5, 5.41) is 6.27. The fraction of sp³-hybridized carbons (Fsp3) is 0.125. The Morgan fingerprint density at radius 3 is 2.86 bits per heavy atom. The van der Waals surface area contributed by atoms with Gasteiger partial charge in [-0.3, -0.25) is 9.78 Å². The Morgan fingerprint density at radius 1 is 1.36 bits per heavy atom. The lowest BCUT2D eigenvalue weighted by Crippen LogP contribution is -2.14. The summed E-state index contributed by atoms with van der Waals surface area (Å²) in [6.07, 6.45) is 3.31. The number of aromatic nitrogens is 1. The van der Waals surface area contributed by atoms with Crippen LogP contribution in [0.3, 0.4) is 0 Å². The fourth-order valence-electron chi connectivity index (χ4n) is 1.79. The molecule has 1 heterocycles. The molecule has 5 nitrogen and oxygen atoms in total. The van der Waals surface area contributed by atoms with E-state index in [9.17, 15) is 4.79 Å². The largest absolute Gasteiger partial charge is 0.495 e. The van der Waals surface area contributed by atoms with Crippen LogP contribution in [0.1, 0.15) is 10.5 Å². The highest BCUT2D eigenvalue weighted by Gasteiger charge is 2.10. The normalized spacial score (nSPS) is 9.91. The van der Waals surface area contributed by atoms with Crippen LogP contribution in [0.2, 0.25) is 5.02 Å². The first-order chi connectivity index (χ1) is 10.6. The van der Waals surface area contributed by atoms with Gasteiger partial charge in [0.05, 0.1) is 12.1 Å². The van der Waals surface area contributed by atoms with E-state index in [1.807, 2.05) is 0 Å². The van der Waals surface area contributed by atoms with Gasteiger partial charge in [-0.1, -0.05) is 17.7 Å². The van der Waals surface area contributed by atoms with Crippen molar-refractivity contribution < 1.29 is 9.53 Å². The third-order valence-corrected chi connectivity index (χ3v) is 3.15. The van der Waals surface area contributed by atoms with E-state index in [-0.39, 0.29) is 5.91 Å². The first kappa shape index (κ1) is 15.9. The van der Waals surface area contributed by atoms with Crippen LogP contribution >= 0.6 is 11.6 Å². The molecule has 2 N–H and O–H groups in total. The van der Waals surface area contributed by atoms with Crippen molar-refractivity contribution in [1.82, 2.24) is 4.98 Å². The second-order valence-electron chi connectivity index (χ2n) is 4.40. The molecule has 0 aliphatic heterocycles. The van der Waals surface area contributed by atoms with E-state index in [1.165, 1.54) is 7.11 Å². The number of amides is 1. The van der Waals surface area contributed by atoms with Crippen LogP contribution in [-0.4, -0.2) is 24.5 Å². The Hall–Kier alpha value is -2.53. The number of hydrogen-bond donors (Lipinski definition) is 2. The highest BCUT2D eigenvalue weighted by molar-refractivity contribution is 6.32. The lowest BCUT2D eigenvalue weighted by Gasteiger charge is -2.09. The molecule has 6 heteroatoms. The molecule has 0 fully saturated rings. The zero-order valence-electron chi connectivity index (χ0n) is 12.1. The minimum absolute atomic E-state index is 0.306. The Kier molecular flexibility index (Phi) is 5.38. The number of anilines is 2. The summed E-state index contributed by atoms with van der Waals surface area (Å²) < 4.78 is 5.07. The summed E-state index contributed by atoms with van der Waals surface area (Å²) in [6.45, 7) is 4.24. The predicted molar refractivity (Wildman–Crippen MR) is 88.9 cm³/mol. The minimum Gasteiger partial charge on any atom is -0.495 e. The molecular formula is C16H16ClN3O2. The highest BCUT2D eigenvalue weighted by Crippen LogP contribution is 2.27. The van der Waals surface area contributed by atoms with E-state index in [2.05, 4.69) is 22.2 Å². The second kappa shape index (κ2) is 7.47. The molecule has 1 amide bonds. The van der Waals surface area contributed by atoms with Crippen LogP contribution in [0.5, 0.6) is 5.75 Å². The Balaban J connectivity index is 2.11. The molecule has 2 rings (SSSR count). The van der Waals surface area contributed by atoms with Crippen molar-refractivity contribution in [3.63, 3.8) is 0 Å². The molecule has 0 spiro atoms. The first-order valence-corrected chi connectivity index (χ1v) is 6.97. The number of benzene rings is 1. The summed E-state index contributed by atoms with van der Waals surface area (Å²) in [6, 6.07) is 8.47. The summed E-state index contributed by atoms with van der Waals surface area (Å²) in [4.78, 5) is 16.3. The number of pyridine rings is 1. The maximum absolute atomic E-state index is 12.2. The second-order valence-corrected chi connectivity index (χ2v) is 4.81. The molecule has 0 saturated carbocycles. The maximum Gasteiger partial charge on any atom is 0.274 e. The summed E-state index contributed by atoms with van der Waals surface area (Å²) in [7, 11) is 1.53. The third kappa shape index (κ3) is 3.99. The van der Waals surface area contributed by atoms with E-state index < -0.39 is 0 Å². The quantitative estimate of drug-likeness (QED) is 0.799. The van der Waals surface area contributed by atoms with Gasteiger partial charge in [-0.2, -0.15) is 0 Å². The van der Waals surface area contributed by atoms with Crippen LogP contribution < -0.4 is 15.4 Å². The van der Waals surface area contributed by atoms with E-state index in [0.717, 1.165) is 5.69 Å². The van der Waals surface area contributed by atoms with Gasteiger partial charge >= 0.3 is 0 Å². The molecule has 114 valence electrons. The number of hydrogen-bond acceptors (Lipinski definition) is 4. The van der Waals surface area contributed by atoms with E-state index in [1.54, 1.807) is 42.6 Å². The number of halogens is 1. The monoisotopic (exact) mass is 317 g/mol. The van der Waals surface area contributed by atoms with Crippen LogP contribution in [0.15, 0.2) is 49.2 Å². The standard InChI is InChI=1S/C16H16ClN3O2/c1-3-7-18-11-6-8-19-14(10-11)16(21)20-12-4-5-15(22-2)13(17)9-12/h3-6,8-10H,1,7H2,2H3,(H,18,19)(H,20,21). The van der Waals surface area contributed by atoms with Gasteiger partial charge in [-0.15, -0.1) is 6.58 Å². The molecule has 0 saturated heterocycles. The Morgan fingerprint density at radius 2 is 2.18 bits per heavy atom. The molecule has 0 radical (unpaired) electrons. The van der Waals surface area contributed by atoms with Crippen LogP contribution in [0.25, 0.3) is 0 Å². The molecular weight excluding hydrogens is 302 g/mol. The SMILES string of the molecule is C=CCNc1ccnc(C(=O)Nc2ccc(OC)c(Cl)c2)c1. The summed E-state index contributed by atoms with van der Waals surface area (Å²) >= 11 is 6.03. The smallest absolute Gasteiger partial charge is 0.274 e. The number of nitrogens with one attached hydrogen (secondary N) is 2. The van der Waals surface area contributed by atoms with Crippen LogP contribution in [-0.2, 0) is 0 Å². The lowest BCUT2D eigenvalue weighted by atomic mass is 10.2. The van der Waals surface area contributed by atoms with Crippen molar-refractivity contribution in [2.24, 2.45) is 0 Å². The zero-order valence-corrected chi connectivity index (χ0v) is 12.9. The fourth-order valence-corrected chi connectivity index (χ4v) is 2.05. The number of carbonyl (C=O) groups is 1. The first-order valence-electron chi connectivity index (χ1n) is 6.59. The van der Waals surface area contributed by atoms with Crippen LogP contribution in [0.4, 0.5) is 11.4 Å². The maximum atomic E-state index is 12.2. The van der Waals surface area contributed by atoms with Crippen LogP contribution in [0, 0.1) is 0 Å². The summed E-state index contributed by atoms with van der Waals surface area (Å²) in [5.41, 5.74) is 1.68. The molecule has 0 aliphatic carbocycles. The zero-order chi connectivity index (χ0) is 15.9. The van der Waals surface area contributed by atoms with Crippen molar-refractivity contribution in [1.29, 1.82) is 0 Å². The predicted octanol–water partition coefficient (Wildman–Crippen LogP) is 3.59. The topological polar surface area (TPSA) is 63.2 Å². The van der Waals surface area contributed by atoms with Crippen molar-refractivity contribution in [2.45, 2.75) is 0 Å². The average Bonchev–Trinajstić information content (AvgIpc) is 2.53. The Bertz CT molecular complexity index is 689. The van der Waals surface area contributed by atoms with Gasteiger partial charge in [0.25, 0.3) is 5.91 Å². The van der Waals surface area contributed by atoms with Crippen molar-refractivity contribution in [3.8, 4) is 5.75 Å². The van der Waals surface area contributed by atoms with E-state index in [4.69, 9.17) is 16.3 Å². The number of ether oxygens (including phenoxy) is 1. The van der Waals surface area contributed by atoms with Gasteiger partial charge in [-0.05, 0) is 30.3 Å². The Labute approximate surface area is 134 Å². The number of methoxy groups -OCH3 is 1. The molecule has 0 unspecified atom stereocenters. The van der Waals surface area contributed by atoms with Crippen molar-refractivity contribution in [3.05, 3.63) is 59.9 Å². The van der Waals surface area contributed by atoms with Crippen molar-refractivity contribution >= 4 is 28.9 Å². The van der Waals surface area contributed by atoms with Crippen molar-refractivity contribution in [2.75, 3.05) is 24.3 Å². The summed E-state index contributed by atoms with van der Waals surface area (Å²) in [5.74, 6) is 0.233. The molecule has 0 bridgehead atoms. The van der Waals surface area contributed by atoms with Gasteiger partial charge in [0.1, 0.15) is 11.4 Å². The van der Waals surface area contributed by atoms with Gasteiger partial charge in [0.15, 0.2) is 0 Å². The van der Waals surface area contributed by atoms with Gasteiger partial charge in [0, 0.05) is 24.1 Å². The highest BCUT2D eigenvalue weighted by atomic mass is 35.5. The van der Waals surface area contributed by atoms with Gasteiger partial charge in [-0.25, -0.2) is 0 Å². The van der Waals surface area contributed by atoms with Gasteiger partial charge in [0.2, 0.25) is 0 Å². The molecule has 1 aromatic carbocycles. The molecule has 22 heavy (non-hydrogen) atoms. The molecule has 1 aromatic heterocycles. The molecule has 2 aromatic rings. The minimum atomic E-state index is -0.316. The molecule has 0 aliphatic rings. The molecule has 0 atom stereocenters.